The van der Waals surface area contributed by atoms with Gasteiger partial charge in [0.15, 0.2) is 0 Å². The number of esters is 1. The summed E-state index contributed by atoms with van der Waals surface area (Å²) in [5.41, 5.74) is 7.24. The predicted octanol–water partition coefficient (Wildman–Crippen LogP) is 6.37. The van der Waals surface area contributed by atoms with E-state index in [-0.39, 0.29) is 44.3 Å². The number of fused-ring (bicyclic) bond motifs is 1. The number of hydrogen-bond donors (Lipinski definition) is 2. The van der Waals surface area contributed by atoms with Crippen molar-refractivity contribution in [3.05, 3.63) is 84.5 Å². The zero-order chi connectivity index (χ0) is 34.7. The highest BCUT2D eigenvalue weighted by atomic mass is 16.6. The molecular weight excluding hydrogens is 596 g/mol. The molecule has 2 amide bonds. The van der Waals surface area contributed by atoms with Crippen molar-refractivity contribution in [3.8, 4) is 6.07 Å². The van der Waals surface area contributed by atoms with Crippen LogP contribution < -0.4 is 16.0 Å². The Kier molecular flexibility index (Phi) is 16.5. The van der Waals surface area contributed by atoms with Crippen LogP contribution in [-0.4, -0.2) is 63.0 Å². The lowest BCUT2D eigenvalue weighted by Crippen LogP contribution is -2.29. The molecule has 1 aliphatic heterocycles. The van der Waals surface area contributed by atoms with Crippen LogP contribution in [0.25, 0.3) is 16.8 Å². The summed E-state index contributed by atoms with van der Waals surface area (Å²) in [5, 5.41) is 14.4. The number of amides is 2. The minimum Gasteiger partial charge on any atom is -0.463 e. The standard InChI is InChI=1S/C32H37N3O4.C5H11NO2/c1-3-8-25(4-2)10-14-31(36)39-20-19-38-18-15-34-32(37)29(24-33)22-26-9-11-28-23-30(13-12-27(28)21-26)35-16-6-5-7-17-35;1-5(2,3)8-4(6)7/h3-4,8-9,11-13,21-23H,1-2,5-7,10,14-20H2,(H,34,37);1-3H3,(H2,6,7)/b25-8+,29-22+;. The number of carbonyl (C=O) groups is 3. The zero-order valence-corrected chi connectivity index (χ0v) is 27.9. The molecule has 3 N–H and O–H groups in total. The molecule has 1 fully saturated rings. The van der Waals surface area contributed by atoms with E-state index in [0.717, 1.165) is 35.0 Å². The average molecular weight is 645 g/mol. The van der Waals surface area contributed by atoms with Crippen molar-refractivity contribution >= 4 is 40.5 Å². The molecule has 1 heterocycles. The van der Waals surface area contributed by atoms with Crippen LogP contribution in [0.2, 0.25) is 0 Å². The second-order valence-electron chi connectivity index (χ2n) is 11.8. The fourth-order valence-electron chi connectivity index (χ4n) is 4.68. The number of primary amides is 1. The second kappa shape index (κ2) is 20.3. The number of nitriles is 1. The van der Waals surface area contributed by atoms with Crippen molar-refractivity contribution in [2.75, 3.05) is 44.4 Å². The summed E-state index contributed by atoms with van der Waals surface area (Å²) in [6.07, 6.45) is 10.6. The van der Waals surface area contributed by atoms with Crippen LogP contribution in [0.5, 0.6) is 0 Å². The number of piperidine rings is 1. The SMILES string of the molecule is C=C/C=C(\C=C)CCC(=O)OCCOCCNC(=O)/C(C#N)=C/c1ccc2cc(N3CCCCC3)ccc2c1.CC(C)(C)OC(N)=O. The fourth-order valence-corrected chi connectivity index (χ4v) is 4.68. The number of rotatable bonds is 14. The highest BCUT2D eigenvalue weighted by Crippen LogP contribution is 2.26. The van der Waals surface area contributed by atoms with Crippen LogP contribution in [-0.2, 0) is 23.8 Å². The molecule has 0 spiro atoms. The van der Waals surface area contributed by atoms with Crippen LogP contribution >= 0.6 is 0 Å². The van der Waals surface area contributed by atoms with Crippen molar-refractivity contribution in [2.45, 2.75) is 58.5 Å². The molecule has 0 saturated carbocycles. The molecule has 47 heavy (non-hydrogen) atoms. The molecule has 1 aliphatic rings. The maximum atomic E-state index is 12.5. The number of nitrogens with zero attached hydrogens (tertiary/aromatic N) is 2. The van der Waals surface area contributed by atoms with Gasteiger partial charge in [0.05, 0.1) is 13.2 Å². The molecule has 10 heteroatoms. The molecular formula is C37H48N4O6. The van der Waals surface area contributed by atoms with Crippen LogP contribution in [0, 0.1) is 11.3 Å². The number of benzene rings is 2. The number of anilines is 1. The number of nitrogens with two attached hydrogens (primary N) is 1. The highest BCUT2D eigenvalue weighted by molar-refractivity contribution is 6.02. The molecule has 0 atom stereocenters. The Hall–Kier alpha value is -4.88. The number of carbonyl (C=O) groups excluding carboxylic acids is 3. The van der Waals surface area contributed by atoms with Crippen LogP contribution in [0.1, 0.15) is 58.4 Å². The Bertz CT molecular complexity index is 1480. The summed E-state index contributed by atoms with van der Waals surface area (Å²) in [6.45, 7) is 15.6. The molecule has 252 valence electrons. The number of allylic oxidation sites excluding steroid dienone is 4. The molecule has 0 unspecified atom stereocenters. The zero-order valence-electron chi connectivity index (χ0n) is 27.9. The van der Waals surface area contributed by atoms with Gasteiger partial charge < -0.3 is 30.2 Å². The number of nitrogens with one attached hydrogen (secondary N) is 1. The van der Waals surface area contributed by atoms with E-state index in [1.54, 1.807) is 45.1 Å². The monoisotopic (exact) mass is 644 g/mol. The van der Waals surface area contributed by atoms with Crippen molar-refractivity contribution in [2.24, 2.45) is 5.73 Å². The number of hydrogen-bond acceptors (Lipinski definition) is 8. The van der Waals surface area contributed by atoms with E-state index in [1.165, 1.54) is 24.9 Å². The molecule has 0 bridgehead atoms. The number of ether oxygens (including phenoxy) is 3. The van der Waals surface area contributed by atoms with Gasteiger partial charge >= 0.3 is 12.1 Å². The first-order valence-electron chi connectivity index (χ1n) is 15.8. The van der Waals surface area contributed by atoms with Crippen molar-refractivity contribution in [1.29, 1.82) is 5.26 Å². The topological polar surface area (TPSA) is 144 Å². The molecule has 3 rings (SSSR count). The van der Waals surface area contributed by atoms with Gasteiger partial charge in [0.1, 0.15) is 23.9 Å². The van der Waals surface area contributed by atoms with E-state index < -0.39 is 17.6 Å². The summed E-state index contributed by atoms with van der Waals surface area (Å²) >= 11 is 0. The second-order valence-corrected chi connectivity index (χ2v) is 11.8. The molecule has 0 radical (unpaired) electrons. The van der Waals surface area contributed by atoms with Crippen molar-refractivity contribution in [3.63, 3.8) is 0 Å². The molecule has 2 aromatic rings. The molecule has 0 aliphatic carbocycles. The molecule has 2 aromatic carbocycles. The van der Waals surface area contributed by atoms with E-state index in [9.17, 15) is 19.6 Å². The van der Waals surface area contributed by atoms with Crippen molar-refractivity contribution < 1.29 is 28.6 Å². The summed E-state index contributed by atoms with van der Waals surface area (Å²) < 4.78 is 15.1. The maximum Gasteiger partial charge on any atom is 0.405 e. The van der Waals surface area contributed by atoms with Crippen molar-refractivity contribution in [1.82, 2.24) is 5.32 Å². The third kappa shape index (κ3) is 15.3. The fraction of sp³-hybridized carbons (Fsp3) is 0.405. The quantitative estimate of drug-likeness (QED) is 0.0794. The first kappa shape index (κ1) is 38.3. The normalized spacial score (nSPS) is 13.4. The third-order valence-electron chi connectivity index (χ3n) is 6.89. The summed E-state index contributed by atoms with van der Waals surface area (Å²) in [6, 6.07) is 14.4. The van der Waals surface area contributed by atoms with Gasteiger partial charge in [0.2, 0.25) is 0 Å². The highest BCUT2D eigenvalue weighted by Gasteiger charge is 2.13. The Labute approximate surface area is 278 Å². The minimum absolute atomic E-state index is 0.0256. The van der Waals surface area contributed by atoms with E-state index in [2.05, 4.69) is 46.3 Å². The minimum atomic E-state index is -0.725. The Balaban J connectivity index is 0.000000849. The Morgan fingerprint density at radius 2 is 1.70 bits per heavy atom. The smallest absolute Gasteiger partial charge is 0.405 e. The first-order valence-corrected chi connectivity index (χ1v) is 15.8. The predicted molar refractivity (Wildman–Crippen MR) is 187 cm³/mol. The summed E-state index contributed by atoms with van der Waals surface area (Å²) in [7, 11) is 0. The molecule has 0 aromatic heterocycles. The van der Waals surface area contributed by atoms with Gasteiger partial charge in [-0.1, -0.05) is 49.6 Å². The lowest BCUT2D eigenvalue weighted by Gasteiger charge is -2.29. The van der Waals surface area contributed by atoms with Gasteiger partial charge in [0, 0.05) is 31.7 Å². The summed E-state index contributed by atoms with van der Waals surface area (Å²) in [4.78, 5) is 36.7. The average Bonchev–Trinajstić information content (AvgIpc) is 3.04. The van der Waals surface area contributed by atoms with Gasteiger partial charge in [-0.05, 0) is 92.6 Å². The largest absolute Gasteiger partial charge is 0.463 e. The van der Waals surface area contributed by atoms with Gasteiger partial charge in [-0.25, -0.2) is 4.79 Å². The first-order chi connectivity index (χ1) is 22.4. The molecule has 10 nitrogen and oxygen atoms in total. The van der Waals surface area contributed by atoms with Crippen LogP contribution in [0.15, 0.2) is 78.9 Å². The third-order valence-corrected chi connectivity index (χ3v) is 6.89. The summed E-state index contributed by atoms with van der Waals surface area (Å²) in [5.74, 6) is -0.776. The molecule has 1 saturated heterocycles. The van der Waals surface area contributed by atoms with E-state index in [0.29, 0.717) is 6.42 Å². The van der Waals surface area contributed by atoms with Gasteiger partial charge in [-0.3, -0.25) is 9.59 Å². The van der Waals surface area contributed by atoms with Gasteiger partial charge in [-0.15, -0.1) is 0 Å². The lowest BCUT2D eigenvalue weighted by molar-refractivity contribution is -0.145. The Morgan fingerprint density at radius 1 is 1.00 bits per heavy atom. The van der Waals surface area contributed by atoms with E-state index in [1.807, 2.05) is 24.3 Å². The van der Waals surface area contributed by atoms with Gasteiger partial charge in [-0.2, -0.15) is 5.26 Å². The van der Waals surface area contributed by atoms with E-state index in [4.69, 9.17) is 15.2 Å². The lowest BCUT2D eigenvalue weighted by atomic mass is 10.0. The van der Waals surface area contributed by atoms with Crippen LogP contribution in [0.3, 0.4) is 0 Å². The van der Waals surface area contributed by atoms with E-state index >= 15 is 0 Å². The Morgan fingerprint density at radius 3 is 2.32 bits per heavy atom. The van der Waals surface area contributed by atoms with Crippen LogP contribution in [0.4, 0.5) is 10.5 Å². The van der Waals surface area contributed by atoms with Gasteiger partial charge in [0.25, 0.3) is 5.91 Å². The maximum absolute atomic E-state index is 12.5.